The molecular formula is C10H12N4. The molecule has 1 aliphatic rings. The molecule has 0 saturated heterocycles. The van der Waals surface area contributed by atoms with Crippen molar-refractivity contribution in [3.05, 3.63) is 35.2 Å². The van der Waals surface area contributed by atoms with Crippen molar-refractivity contribution < 1.29 is 0 Å². The summed E-state index contributed by atoms with van der Waals surface area (Å²) in [7, 11) is 0. The van der Waals surface area contributed by atoms with E-state index in [2.05, 4.69) is 52.7 Å². The third-order valence-electron chi connectivity index (χ3n) is 2.22. The average molecular weight is 188 g/mol. The van der Waals surface area contributed by atoms with Crippen LogP contribution in [0.1, 0.15) is 26.1 Å². The second kappa shape index (κ2) is 3.57. The molecule has 14 heavy (non-hydrogen) atoms. The minimum atomic E-state index is 0.672. The zero-order chi connectivity index (χ0) is 9.97. The number of nitrogens with one attached hydrogen (secondary N) is 1. The number of H-pyrrole nitrogens is 1. The monoisotopic (exact) mass is 188 g/mol. The molecule has 0 aliphatic heterocycles. The molecule has 0 amide bonds. The molecule has 1 aromatic rings. The Labute approximate surface area is 82.4 Å². The highest BCUT2D eigenvalue weighted by molar-refractivity contribution is 5.74. The first-order valence-electron chi connectivity index (χ1n) is 4.56. The van der Waals surface area contributed by atoms with Crippen LogP contribution in [0.15, 0.2) is 29.4 Å². The Hall–Kier alpha value is -1.71. The normalized spacial score (nSPS) is 16.9. The lowest BCUT2D eigenvalue weighted by molar-refractivity contribution is 0.881. The molecule has 4 nitrogen and oxygen atoms in total. The lowest BCUT2D eigenvalue weighted by Gasteiger charge is -2.00. The van der Waals surface area contributed by atoms with E-state index < -0.39 is 0 Å². The van der Waals surface area contributed by atoms with Crippen LogP contribution in [0.2, 0.25) is 0 Å². The smallest absolute Gasteiger partial charge is 0.177 e. The van der Waals surface area contributed by atoms with Crippen molar-refractivity contribution >= 4 is 5.57 Å². The molecule has 0 fully saturated rings. The number of hydrogen-bond donors (Lipinski definition) is 1. The standard InChI is InChI=1S/C10H12N4/c1-7-4-3-5-8(2)9(6-7)10-11-13-14-12-10/h3-4,6H,5H2,1-2H3,(H,11,12,13,14). The highest BCUT2D eigenvalue weighted by Crippen LogP contribution is 2.23. The van der Waals surface area contributed by atoms with Gasteiger partial charge in [0.25, 0.3) is 0 Å². The average Bonchev–Trinajstić information content (AvgIpc) is 2.61. The number of hydrogen-bond acceptors (Lipinski definition) is 3. The molecule has 72 valence electrons. The van der Waals surface area contributed by atoms with E-state index in [1.807, 2.05) is 0 Å². The molecule has 4 heteroatoms. The van der Waals surface area contributed by atoms with Crippen LogP contribution in [0.5, 0.6) is 0 Å². The number of rotatable bonds is 1. The molecule has 1 aliphatic carbocycles. The third-order valence-corrected chi connectivity index (χ3v) is 2.22. The van der Waals surface area contributed by atoms with E-state index in [4.69, 9.17) is 0 Å². The number of allylic oxidation sites excluding steroid dienone is 6. The van der Waals surface area contributed by atoms with Gasteiger partial charge >= 0.3 is 0 Å². The lowest BCUT2D eigenvalue weighted by atomic mass is 10.1. The van der Waals surface area contributed by atoms with E-state index in [1.165, 1.54) is 11.1 Å². The molecule has 1 aromatic heterocycles. The van der Waals surface area contributed by atoms with Gasteiger partial charge in [-0.2, -0.15) is 5.21 Å². The summed E-state index contributed by atoms with van der Waals surface area (Å²) in [5.74, 6) is 0.672. The predicted octanol–water partition coefficient (Wildman–Crippen LogP) is 1.88. The van der Waals surface area contributed by atoms with Crippen LogP contribution in [0.4, 0.5) is 0 Å². The van der Waals surface area contributed by atoms with Gasteiger partial charge in [0.05, 0.1) is 0 Å². The first-order valence-corrected chi connectivity index (χ1v) is 4.56. The maximum absolute atomic E-state index is 3.99. The van der Waals surface area contributed by atoms with Crippen LogP contribution in [0, 0.1) is 0 Å². The zero-order valence-electron chi connectivity index (χ0n) is 8.28. The maximum atomic E-state index is 3.99. The summed E-state index contributed by atoms with van der Waals surface area (Å²) in [4.78, 5) is 0. The van der Waals surface area contributed by atoms with Crippen LogP contribution < -0.4 is 0 Å². The van der Waals surface area contributed by atoms with Crippen LogP contribution in [0.3, 0.4) is 0 Å². The molecule has 0 radical (unpaired) electrons. The van der Waals surface area contributed by atoms with Crippen molar-refractivity contribution in [3.63, 3.8) is 0 Å². The molecule has 0 aromatic carbocycles. The molecule has 0 bridgehead atoms. The predicted molar refractivity (Wildman–Crippen MR) is 54.3 cm³/mol. The van der Waals surface area contributed by atoms with Crippen molar-refractivity contribution in [3.8, 4) is 0 Å². The Balaban J connectivity index is 2.47. The number of tetrazole rings is 1. The van der Waals surface area contributed by atoms with Gasteiger partial charge in [0.2, 0.25) is 5.82 Å². The number of aromatic amines is 1. The van der Waals surface area contributed by atoms with Crippen LogP contribution >= 0.6 is 0 Å². The van der Waals surface area contributed by atoms with Crippen LogP contribution in [-0.4, -0.2) is 20.6 Å². The van der Waals surface area contributed by atoms with Gasteiger partial charge in [0.15, 0.2) is 0 Å². The summed E-state index contributed by atoms with van der Waals surface area (Å²) in [6.45, 7) is 4.15. The minimum Gasteiger partial charge on any atom is -0.177 e. The number of aromatic nitrogens is 4. The zero-order valence-corrected chi connectivity index (χ0v) is 8.28. The molecule has 1 heterocycles. The topological polar surface area (TPSA) is 54.5 Å². The van der Waals surface area contributed by atoms with Crippen molar-refractivity contribution in [2.75, 3.05) is 0 Å². The number of nitrogens with zero attached hydrogens (tertiary/aromatic N) is 3. The van der Waals surface area contributed by atoms with E-state index in [0.29, 0.717) is 5.82 Å². The summed E-state index contributed by atoms with van der Waals surface area (Å²) in [5, 5.41) is 14.0. The van der Waals surface area contributed by atoms with Gasteiger partial charge in [0, 0.05) is 5.57 Å². The molecular weight excluding hydrogens is 176 g/mol. The van der Waals surface area contributed by atoms with Crippen molar-refractivity contribution in [2.24, 2.45) is 0 Å². The second-order valence-electron chi connectivity index (χ2n) is 3.42. The van der Waals surface area contributed by atoms with Crippen molar-refractivity contribution in [1.29, 1.82) is 0 Å². The summed E-state index contributed by atoms with van der Waals surface area (Å²) in [5.41, 5.74) is 3.54. The van der Waals surface area contributed by atoms with Gasteiger partial charge in [-0.3, -0.25) is 0 Å². The van der Waals surface area contributed by atoms with Gasteiger partial charge < -0.3 is 0 Å². The quantitative estimate of drug-likeness (QED) is 0.732. The molecule has 1 N–H and O–H groups in total. The fraction of sp³-hybridized carbons (Fsp3) is 0.300. The summed E-state index contributed by atoms with van der Waals surface area (Å²) < 4.78 is 0. The van der Waals surface area contributed by atoms with Gasteiger partial charge in [0.1, 0.15) is 0 Å². The summed E-state index contributed by atoms with van der Waals surface area (Å²) in [6, 6.07) is 0. The Morgan fingerprint density at radius 2 is 2.21 bits per heavy atom. The van der Waals surface area contributed by atoms with Crippen molar-refractivity contribution in [2.45, 2.75) is 20.3 Å². The second-order valence-corrected chi connectivity index (χ2v) is 3.42. The molecule has 0 saturated carbocycles. The van der Waals surface area contributed by atoms with Gasteiger partial charge in [-0.15, -0.1) is 10.2 Å². The Bertz CT molecular complexity index is 409. The van der Waals surface area contributed by atoms with Crippen molar-refractivity contribution in [1.82, 2.24) is 20.6 Å². The van der Waals surface area contributed by atoms with Crippen LogP contribution in [-0.2, 0) is 0 Å². The first-order chi connectivity index (χ1) is 6.77. The molecule has 0 unspecified atom stereocenters. The maximum Gasteiger partial charge on any atom is 0.204 e. The highest BCUT2D eigenvalue weighted by Gasteiger charge is 2.09. The molecule has 0 spiro atoms. The third kappa shape index (κ3) is 1.64. The van der Waals surface area contributed by atoms with E-state index in [9.17, 15) is 0 Å². The fourth-order valence-corrected chi connectivity index (χ4v) is 1.46. The van der Waals surface area contributed by atoms with Gasteiger partial charge in [-0.25, -0.2) is 0 Å². The Kier molecular flexibility index (Phi) is 2.26. The van der Waals surface area contributed by atoms with E-state index in [0.717, 1.165) is 12.0 Å². The van der Waals surface area contributed by atoms with Gasteiger partial charge in [-0.05, 0) is 31.6 Å². The minimum absolute atomic E-state index is 0.672. The lowest BCUT2D eigenvalue weighted by Crippen LogP contribution is -1.89. The molecule has 2 rings (SSSR count). The summed E-state index contributed by atoms with van der Waals surface area (Å²) >= 11 is 0. The van der Waals surface area contributed by atoms with E-state index in [1.54, 1.807) is 0 Å². The largest absolute Gasteiger partial charge is 0.204 e. The van der Waals surface area contributed by atoms with E-state index in [-0.39, 0.29) is 0 Å². The van der Waals surface area contributed by atoms with Crippen LogP contribution in [0.25, 0.3) is 5.57 Å². The highest BCUT2D eigenvalue weighted by atomic mass is 15.5. The van der Waals surface area contributed by atoms with Gasteiger partial charge in [-0.1, -0.05) is 23.3 Å². The van der Waals surface area contributed by atoms with E-state index >= 15 is 0 Å². The Morgan fingerprint density at radius 1 is 1.36 bits per heavy atom. The SMILES string of the molecule is CC1=CC(c2nn[nH]n2)=C(C)CC=C1. The fourth-order valence-electron chi connectivity index (χ4n) is 1.46. The summed E-state index contributed by atoms with van der Waals surface area (Å²) in [6.07, 6.45) is 7.28. The first kappa shape index (κ1) is 8.87. The Morgan fingerprint density at radius 3 is 2.93 bits per heavy atom. The molecule has 0 atom stereocenters.